The van der Waals surface area contributed by atoms with Gasteiger partial charge in [0, 0.05) is 11.8 Å². The van der Waals surface area contributed by atoms with E-state index in [0.717, 1.165) is 10.6 Å². The number of anilines is 1. The molecule has 0 spiro atoms. The van der Waals surface area contributed by atoms with E-state index < -0.39 is 5.92 Å². The third-order valence-electron chi connectivity index (χ3n) is 3.33. The lowest BCUT2D eigenvalue weighted by Crippen LogP contribution is -2.40. The summed E-state index contributed by atoms with van der Waals surface area (Å²) < 4.78 is 0. The summed E-state index contributed by atoms with van der Waals surface area (Å²) in [6, 6.07) is 13.3. The Morgan fingerprint density at radius 2 is 1.80 bits per heavy atom. The lowest BCUT2D eigenvalue weighted by molar-refractivity contribution is -0.129. The predicted molar refractivity (Wildman–Crippen MR) is 80.4 cm³/mol. The van der Waals surface area contributed by atoms with Gasteiger partial charge in [-0.3, -0.25) is 14.5 Å². The highest BCUT2D eigenvalue weighted by Crippen LogP contribution is 2.33. The second-order valence-corrected chi connectivity index (χ2v) is 5.59. The van der Waals surface area contributed by atoms with Crippen molar-refractivity contribution in [1.29, 1.82) is 0 Å². The molecule has 0 N–H and O–H groups in total. The minimum atomic E-state index is -0.626. The average molecular weight is 283 g/mol. The number of allylic oxidation sites excluding steroid dienone is 1. The SMILES string of the molecule is CC1C(=O)C=C(c2cccs2)N(c2ccccc2)C1=O. The van der Waals surface area contributed by atoms with Crippen LogP contribution in [0.3, 0.4) is 0 Å². The highest BCUT2D eigenvalue weighted by Gasteiger charge is 2.34. The number of hydrogen-bond donors (Lipinski definition) is 0. The van der Waals surface area contributed by atoms with E-state index in [2.05, 4.69) is 0 Å². The van der Waals surface area contributed by atoms with Crippen LogP contribution >= 0.6 is 11.3 Å². The lowest BCUT2D eigenvalue weighted by Gasteiger charge is -2.30. The first-order valence-corrected chi connectivity index (χ1v) is 7.25. The van der Waals surface area contributed by atoms with Gasteiger partial charge >= 0.3 is 0 Å². The third kappa shape index (κ3) is 2.08. The fourth-order valence-electron chi connectivity index (χ4n) is 2.21. The molecule has 2 heterocycles. The zero-order valence-corrected chi connectivity index (χ0v) is 11.8. The number of thiophene rings is 1. The Morgan fingerprint density at radius 3 is 2.45 bits per heavy atom. The van der Waals surface area contributed by atoms with Crippen LogP contribution in [0.4, 0.5) is 5.69 Å². The zero-order valence-electron chi connectivity index (χ0n) is 10.9. The molecule has 0 radical (unpaired) electrons. The minimum Gasteiger partial charge on any atom is -0.294 e. The van der Waals surface area contributed by atoms with E-state index in [0.29, 0.717) is 5.70 Å². The molecule has 4 heteroatoms. The predicted octanol–water partition coefficient (Wildman–Crippen LogP) is 3.34. The van der Waals surface area contributed by atoms with E-state index in [4.69, 9.17) is 0 Å². The first kappa shape index (κ1) is 12.8. The Balaban J connectivity index is 2.15. The number of nitrogens with zero attached hydrogens (tertiary/aromatic N) is 1. The first-order chi connectivity index (χ1) is 9.68. The van der Waals surface area contributed by atoms with Crippen molar-refractivity contribution >= 4 is 34.4 Å². The van der Waals surface area contributed by atoms with E-state index in [1.807, 2.05) is 47.8 Å². The lowest BCUT2D eigenvalue weighted by atomic mass is 9.97. The van der Waals surface area contributed by atoms with Crippen molar-refractivity contribution in [3.05, 3.63) is 58.8 Å². The average Bonchev–Trinajstić information content (AvgIpc) is 2.99. The van der Waals surface area contributed by atoms with Crippen LogP contribution in [0.1, 0.15) is 11.8 Å². The normalized spacial score (nSPS) is 19.1. The van der Waals surface area contributed by atoms with E-state index in [-0.39, 0.29) is 11.7 Å². The molecule has 1 aromatic carbocycles. The molecule has 1 aromatic heterocycles. The summed E-state index contributed by atoms with van der Waals surface area (Å²) in [5.74, 6) is -0.934. The van der Waals surface area contributed by atoms with Crippen molar-refractivity contribution in [2.24, 2.45) is 5.92 Å². The van der Waals surface area contributed by atoms with Gasteiger partial charge in [0.05, 0.1) is 16.5 Å². The maximum Gasteiger partial charge on any atom is 0.242 e. The van der Waals surface area contributed by atoms with Crippen LogP contribution in [0, 0.1) is 5.92 Å². The summed E-state index contributed by atoms with van der Waals surface area (Å²) in [5.41, 5.74) is 1.45. The van der Waals surface area contributed by atoms with Crippen molar-refractivity contribution in [2.75, 3.05) is 4.90 Å². The molecule has 3 nitrogen and oxygen atoms in total. The molecular weight excluding hydrogens is 270 g/mol. The van der Waals surface area contributed by atoms with Gasteiger partial charge < -0.3 is 0 Å². The molecule has 1 aliphatic rings. The molecule has 1 unspecified atom stereocenters. The molecule has 1 atom stereocenters. The highest BCUT2D eigenvalue weighted by molar-refractivity contribution is 7.11. The van der Waals surface area contributed by atoms with Gasteiger partial charge in [0.2, 0.25) is 5.91 Å². The number of carbonyl (C=O) groups is 2. The second kappa shape index (κ2) is 5.06. The molecule has 3 rings (SSSR count). The summed E-state index contributed by atoms with van der Waals surface area (Å²) in [6.07, 6.45) is 1.57. The highest BCUT2D eigenvalue weighted by atomic mass is 32.1. The monoisotopic (exact) mass is 283 g/mol. The quantitative estimate of drug-likeness (QED) is 0.793. The maximum absolute atomic E-state index is 12.5. The molecule has 0 aliphatic carbocycles. The third-order valence-corrected chi connectivity index (χ3v) is 4.22. The fourth-order valence-corrected chi connectivity index (χ4v) is 2.94. The largest absolute Gasteiger partial charge is 0.294 e. The van der Waals surface area contributed by atoms with Crippen molar-refractivity contribution in [1.82, 2.24) is 0 Å². The van der Waals surface area contributed by atoms with Gasteiger partial charge in [0.15, 0.2) is 5.78 Å². The van der Waals surface area contributed by atoms with Crippen molar-refractivity contribution in [3.8, 4) is 0 Å². The smallest absolute Gasteiger partial charge is 0.242 e. The van der Waals surface area contributed by atoms with Crippen molar-refractivity contribution < 1.29 is 9.59 Å². The number of rotatable bonds is 2. The van der Waals surface area contributed by atoms with Crippen molar-refractivity contribution in [3.63, 3.8) is 0 Å². The number of ketones is 1. The molecule has 0 bridgehead atoms. The maximum atomic E-state index is 12.5. The standard InChI is InChI=1S/C16H13NO2S/c1-11-14(18)10-13(15-8-5-9-20-15)17(16(11)19)12-6-3-2-4-7-12/h2-11H,1H3. The molecule has 1 aliphatic heterocycles. The number of benzene rings is 1. The van der Waals surface area contributed by atoms with Gasteiger partial charge in [0.1, 0.15) is 0 Å². The molecule has 0 saturated heterocycles. The van der Waals surface area contributed by atoms with Crippen LogP contribution in [-0.4, -0.2) is 11.7 Å². The van der Waals surface area contributed by atoms with Crippen LogP contribution in [0.5, 0.6) is 0 Å². The van der Waals surface area contributed by atoms with E-state index >= 15 is 0 Å². The summed E-state index contributed by atoms with van der Waals surface area (Å²) in [6.45, 7) is 1.66. The van der Waals surface area contributed by atoms with Crippen LogP contribution in [-0.2, 0) is 9.59 Å². The van der Waals surface area contributed by atoms with Crippen LogP contribution < -0.4 is 4.90 Å². The molecule has 0 saturated carbocycles. The molecule has 0 fully saturated rings. The number of amides is 1. The number of para-hydroxylation sites is 1. The Morgan fingerprint density at radius 1 is 1.05 bits per heavy atom. The van der Waals surface area contributed by atoms with Gasteiger partial charge in [0.25, 0.3) is 0 Å². The topological polar surface area (TPSA) is 37.4 Å². The fraction of sp³-hybridized carbons (Fsp3) is 0.125. The first-order valence-electron chi connectivity index (χ1n) is 6.37. The molecule has 1 amide bonds. The van der Waals surface area contributed by atoms with Crippen LogP contribution in [0.25, 0.3) is 5.70 Å². The Hall–Kier alpha value is -2.20. The molecule has 100 valence electrons. The zero-order chi connectivity index (χ0) is 14.1. The number of hydrogen-bond acceptors (Lipinski definition) is 3. The summed E-state index contributed by atoms with van der Waals surface area (Å²) in [5, 5.41) is 1.94. The summed E-state index contributed by atoms with van der Waals surface area (Å²) in [7, 11) is 0. The van der Waals surface area contributed by atoms with Gasteiger partial charge in [-0.15, -0.1) is 11.3 Å². The second-order valence-electron chi connectivity index (χ2n) is 4.64. The van der Waals surface area contributed by atoms with Gasteiger partial charge in [-0.25, -0.2) is 0 Å². The summed E-state index contributed by atoms with van der Waals surface area (Å²) >= 11 is 1.52. The van der Waals surface area contributed by atoms with E-state index in [9.17, 15) is 9.59 Å². The van der Waals surface area contributed by atoms with E-state index in [1.54, 1.807) is 17.9 Å². The van der Waals surface area contributed by atoms with Gasteiger partial charge in [-0.1, -0.05) is 24.3 Å². The minimum absolute atomic E-state index is 0.134. The van der Waals surface area contributed by atoms with E-state index in [1.165, 1.54) is 11.3 Å². The van der Waals surface area contributed by atoms with Crippen LogP contribution in [0.2, 0.25) is 0 Å². The van der Waals surface area contributed by atoms with Gasteiger partial charge in [-0.2, -0.15) is 0 Å². The Kier molecular flexibility index (Phi) is 3.24. The number of carbonyl (C=O) groups excluding carboxylic acids is 2. The summed E-state index contributed by atoms with van der Waals surface area (Å²) in [4.78, 5) is 27.0. The molecule has 2 aromatic rings. The Labute approximate surface area is 121 Å². The van der Waals surface area contributed by atoms with Gasteiger partial charge in [-0.05, 0) is 30.5 Å². The van der Waals surface area contributed by atoms with Crippen molar-refractivity contribution in [2.45, 2.75) is 6.92 Å². The molecule has 20 heavy (non-hydrogen) atoms. The van der Waals surface area contributed by atoms with Crippen LogP contribution in [0.15, 0.2) is 53.9 Å². The molecular formula is C16H13NO2S. The Bertz CT molecular complexity index is 674.